The third kappa shape index (κ3) is 3.26. The first-order valence-corrected chi connectivity index (χ1v) is 6.45. The van der Waals surface area contributed by atoms with E-state index in [9.17, 15) is 0 Å². The van der Waals surface area contributed by atoms with Crippen LogP contribution in [-0.4, -0.2) is 12.1 Å². The highest BCUT2D eigenvalue weighted by Crippen LogP contribution is 2.24. The molecule has 0 aliphatic heterocycles. The van der Waals surface area contributed by atoms with Crippen molar-refractivity contribution in [3.63, 3.8) is 0 Å². The van der Waals surface area contributed by atoms with Gasteiger partial charge in [0.25, 0.3) is 0 Å². The molecule has 1 heterocycles. The van der Waals surface area contributed by atoms with Gasteiger partial charge in [-0.05, 0) is 42.7 Å². The summed E-state index contributed by atoms with van der Waals surface area (Å²) in [6.07, 6.45) is 2.46. The molecular weight excluding hydrogens is 252 g/mol. The molecule has 1 atom stereocenters. The van der Waals surface area contributed by atoms with Crippen molar-refractivity contribution in [1.29, 1.82) is 0 Å². The van der Waals surface area contributed by atoms with Crippen LogP contribution < -0.4 is 21.7 Å². The highest BCUT2D eigenvalue weighted by molar-refractivity contribution is 5.44. The Bertz CT molecular complexity index is 586. The summed E-state index contributed by atoms with van der Waals surface area (Å²) in [5.74, 6) is 7.01. The fraction of sp³-hybridized carbons (Fsp3) is 0.267. The Hall–Kier alpha value is -2.11. The van der Waals surface area contributed by atoms with Crippen LogP contribution in [0, 0.1) is 6.92 Å². The van der Waals surface area contributed by atoms with E-state index in [0.29, 0.717) is 12.2 Å². The Morgan fingerprint density at radius 1 is 1.35 bits per heavy atom. The number of pyridine rings is 1. The standard InChI is InChI=1S/C15H20N4O/c1-10-6-13(15(16)18-9-10)14(19-17)8-11-4-3-5-12(7-11)20-2/h3-7,9,14,19H,8,17H2,1-2H3,(H2,16,18). The quantitative estimate of drug-likeness (QED) is 0.570. The van der Waals surface area contributed by atoms with Crippen molar-refractivity contribution in [2.45, 2.75) is 19.4 Å². The predicted molar refractivity (Wildman–Crippen MR) is 80.1 cm³/mol. The summed E-state index contributed by atoms with van der Waals surface area (Å²) in [5, 5.41) is 0. The van der Waals surface area contributed by atoms with Gasteiger partial charge in [-0.2, -0.15) is 0 Å². The molecule has 0 amide bonds. The molecule has 0 aliphatic rings. The smallest absolute Gasteiger partial charge is 0.128 e. The molecule has 0 bridgehead atoms. The van der Waals surface area contributed by atoms with E-state index in [1.54, 1.807) is 13.3 Å². The van der Waals surface area contributed by atoms with Crippen LogP contribution in [0.2, 0.25) is 0 Å². The number of nitrogens with two attached hydrogens (primary N) is 2. The van der Waals surface area contributed by atoms with Crippen molar-refractivity contribution < 1.29 is 4.74 Å². The maximum Gasteiger partial charge on any atom is 0.128 e. The number of methoxy groups -OCH3 is 1. The van der Waals surface area contributed by atoms with Gasteiger partial charge in [-0.1, -0.05) is 12.1 Å². The molecule has 5 N–H and O–H groups in total. The summed E-state index contributed by atoms with van der Waals surface area (Å²) in [7, 11) is 1.65. The SMILES string of the molecule is COc1cccc(CC(NN)c2cc(C)cnc2N)c1. The number of aryl methyl sites for hydroxylation is 1. The summed E-state index contributed by atoms with van der Waals surface area (Å²) in [4.78, 5) is 4.18. The zero-order valence-electron chi connectivity index (χ0n) is 11.8. The third-order valence-electron chi connectivity index (χ3n) is 3.24. The Morgan fingerprint density at radius 3 is 2.85 bits per heavy atom. The van der Waals surface area contributed by atoms with Gasteiger partial charge in [-0.25, -0.2) is 4.98 Å². The lowest BCUT2D eigenvalue weighted by molar-refractivity contribution is 0.414. The zero-order chi connectivity index (χ0) is 14.5. The van der Waals surface area contributed by atoms with Crippen LogP contribution in [0.3, 0.4) is 0 Å². The van der Waals surface area contributed by atoms with E-state index >= 15 is 0 Å². The van der Waals surface area contributed by atoms with Gasteiger partial charge in [-0.15, -0.1) is 0 Å². The summed E-state index contributed by atoms with van der Waals surface area (Å²) in [6, 6.07) is 9.81. The number of hydrogen-bond acceptors (Lipinski definition) is 5. The molecule has 0 radical (unpaired) electrons. The molecule has 106 valence electrons. The minimum atomic E-state index is -0.0884. The second-order valence-electron chi connectivity index (χ2n) is 4.76. The van der Waals surface area contributed by atoms with E-state index in [4.69, 9.17) is 16.3 Å². The fourth-order valence-corrected chi connectivity index (χ4v) is 2.18. The highest BCUT2D eigenvalue weighted by Gasteiger charge is 2.15. The molecule has 5 nitrogen and oxygen atoms in total. The Labute approximate surface area is 118 Å². The average Bonchev–Trinajstić information content (AvgIpc) is 2.47. The van der Waals surface area contributed by atoms with Crippen LogP contribution in [-0.2, 0) is 6.42 Å². The lowest BCUT2D eigenvalue weighted by Crippen LogP contribution is -2.30. The lowest BCUT2D eigenvalue weighted by Gasteiger charge is -2.18. The molecule has 2 rings (SSSR count). The Morgan fingerprint density at radius 2 is 2.15 bits per heavy atom. The van der Waals surface area contributed by atoms with Crippen molar-refractivity contribution in [3.05, 3.63) is 53.2 Å². The van der Waals surface area contributed by atoms with Gasteiger partial charge in [0.05, 0.1) is 13.2 Å². The summed E-state index contributed by atoms with van der Waals surface area (Å²) < 4.78 is 5.23. The van der Waals surface area contributed by atoms with Gasteiger partial charge in [0.15, 0.2) is 0 Å². The molecule has 2 aromatic rings. The molecule has 1 aromatic heterocycles. The van der Waals surface area contributed by atoms with Crippen LogP contribution in [0.25, 0.3) is 0 Å². The van der Waals surface area contributed by atoms with Gasteiger partial charge in [-0.3, -0.25) is 11.3 Å². The number of nitrogen functional groups attached to an aromatic ring is 1. The number of rotatable bonds is 5. The molecule has 0 fully saturated rings. The monoisotopic (exact) mass is 272 g/mol. The summed E-state index contributed by atoms with van der Waals surface area (Å²) in [6.45, 7) is 1.98. The minimum absolute atomic E-state index is 0.0884. The summed E-state index contributed by atoms with van der Waals surface area (Å²) >= 11 is 0. The number of nitrogens with one attached hydrogen (secondary N) is 1. The first kappa shape index (κ1) is 14.3. The number of hydrazine groups is 1. The van der Waals surface area contributed by atoms with E-state index in [1.807, 2.05) is 37.3 Å². The second-order valence-corrected chi connectivity index (χ2v) is 4.76. The number of ether oxygens (including phenoxy) is 1. The molecule has 0 saturated carbocycles. The maximum atomic E-state index is 5.94. The molecule has 20 heavy (non-hydrogen) atoms. The number of aromatic nitrogens is 1. The van der Waals surface area contributed by atoms with E-state index in [1.165, 1.54) is 0 Å². The van der Waals surface area contributed by atoms with Gasteiger partial charge in [0.1, 0.15) is 11.6 Å². The Kier molecular flexibility index (Phi) is 4.55. The topological polar surface area (TPSA) is 86.2 Å². The predicted octanol–water partition coefficient (Wildman–Crippen LogP) is 1.73. The first-order valence-electron chi connectivity index (χ1n) is 6.45. The zero-order valence-corrected chi connectivity index (χ0v) is 11.8. The van der Waals surface area contributed by atoms with Crippen LogP contribution in [0.15, 0.2) is 36.5 Å². The van der Waals surface area contributed by atoms with E-state index in [0.717, 1.165) is 22.4 Å². The normalized spacial score (nSPS) is 12.2. The second kappa shape index (κ2) is 6.36. The largest absolute Gasteiger partial charge is 0.497 e. The van der Waals surface area contributed by atoms with E-state index < -0.39 is 0 Å². The molecule has 1 aromatic carbocycles. The first-order chi connectivity index (χ1) is 9.63. The van der Waals surface area contributed by atoms with Gasteiger partial charge in [0.2, 0.25) is 0 Å². The van der Waals surface area contributed by atoms with Crippen molar-refractivity contribution in [2.75, 3.05) is 12.8 Å². The summed E-state index contributed by atoms with van der Waals surface area (Å²) in [5.41, 5.74) is 11.8. The van der Waals surface area contributed by atoms with Crippen LogP contribution in [0.4, 0.5) is 5.82 Å². The third-order valence-corrected chi connectivity index (χ3v) is 3.24. The maximum absolute atomic E-state index is 5.94. The average molecular weight is 272 g/mol. The number of anilines is 1. The molecular formula is C15H20N4O. The number of hydrogen-bond donors (Lipinski definition) is 3. The fourth-order valence-electron chi connectivity index (χ4n) is 2.18. The molecule has 1 unspecified atom stereocenters. The van der Waals surface area contributed by atoms with Crippen LogP contribution >= 0.6 is 0 Å². The van der Waals surface area contributed by atoms with Crippen molar-refractivity contribution in [1.82, 2.24) is 10.4 Å². The van der Waals surface area contributed by atoms with Gasteiger partial charge in [0, 0.05) is 11.8 Å². The van der Waals surface area contributed by atoms with Crippen LogP contribution in [0.1, 0.15) is 22.7 Å². The molecule has 5 heteroatoms. The van der Waals surface area contributed by atoms with Gasteiger partial charge < -0.3 is 10.5 Å². The molecule has 0 spiro atoms. The van der Waals surface area contributed by atoms with Gasteiger partial charge >= 0.3 is 0 Å². The Balaban J connectivity index is 2.26. The number of benzene rings is 1. The van der Waals surface area contributed by atoms with Crippen molar-refractivity contribution in [2.24, 2.45) is 5.84 Å². The number of nitrogens with zero attached hydrogens (tertiary/aromatic N) is 1. The lowest BCUT2D eigenvalue weighted by atomic mass is 9.99. The molecule has 0 aliphatic carbocycles. The minimum Gasteiger partial charge on any atom is -0.497 e. The van der Waals surface area contributed by atoms with E-state index in [-0.39, 0.29) is 6.04 Å². The van der Waals surface area contributed by atoms with E-state index in [2.05, 4.69) is 10.4 Å². The molecule has 0 saturated heterocycles. The highest BCUT2D eigenvalue weighted by atomic mass is 16.5. The van der Waals surface area contributed by atoms with Crippen molar-refractivity contribution in [3.8, 4) is 5.75 Å². The van der Waals surface area contributed by atoms with Crippen LogP contribution in [0.5, 0.6) is 5.75 Å². The van der Waals surface area contributed by atoms with Crippen molar-refractivity contribution >= 4 is 5.82 Å².